The number of rotatable bonds is 0. The molecule has 0 spiro atoms. The van der Waals surface area contributed by atoms with Crippen LogP contribution in [0.2, 0.25) is 0 Å². The molecule has 0 nitrogen and oxygen atoms in total. The molecule has 4 heteroatoms. The summed E-state index contributed by atoms with van der Waals surface area (Å²) in [6.45, 7) is 0. The Balaban J connectivity index is 0. The number of hydrogen-bond acceptors (Lipinski definition) is 0. The molecule has 0 aliphatic heterocycles. The molecule has 14 valence electrons. The van der Waals surface area contributed by atoms with E-state index >= 15 is 0 Å². The summed E-state index contributed by atoms with van der Waals surface area (Å²) in [6, 6.07) is 0. The second kappa shape index (κ2) is 15.8. The summed E-state index contributed by atoms with van der Waals surface area (Å²) in [6.07, 6.45) is 0. The first-order valence-corrected chi connectivity index (χ1v) is 0. The minimum atomic E-state index is 0. The summed E-state index contributed by atoms with van der Waals surface area (Å²) in [5.74, 6) is 0. The molecule has 0 N–H and O–H groups in total. The van der Waals surface area contributed by atoms with Crippen molar-refractivity contribution in [2.24, 2.45) is 0 Å². The Labute approximate surface area is 115 Å². The van der Waals surface area contributed by atoms with Crippen LogP contribution in [0.25, 0.3) is 0 Å². The molecule has 0 rings (SSSR count). The molecule has 0 aliphatic rings. The maximum Gasteiger partial charge on any atom is 0 e. The van der Waals surface area contributed by atoms with E-state index in [4.69, 9.17) is 0 Å². The quantitative estimate of drug-likeness (QED) is 0.433. The number of hydrogen-bond donors (Lipinski definition) is 0. The van der Waals surface area contributed by atoms with Gasteiger partial charge in [-0.25, -0.2) is 0 Å². The minimum absolute atomic E-state index is 0. The molecule has 10 radical (unpaired) electrons. The molecule has 0 saturated heterocycles. The average molecular weight is 423 g/mol. The van der Waals surface area contributed by atoms with Crippen molar-refractivity contribution in [3.63, 3.8) is 0 Å². The van der Waals surface area contributed by atoms with Crippen LogP contribution in [0.1, 0.15) is 0 Å². The van der Waals surface area contributed by atoms with E-state index in [9.17, 15) is 0 Å². The first-order chi connectivity index (χ1) is 0. The summed E-state index contributed by atoms with van der Waals surface area (Å²) >= 11 is 0. The molecule has 0 aliphatic carbocycles. The average Bonchev–Trinajstić information content (AvgIpc) is 0. The van der Waals surface area contributed by atoms with E-state index < -0.39 is 0 Å². The Morgan fingerprint density at radius 3 is 0.750 bits per heavy atom. The Kier molecular flexibility index (Phi) is 97.8. The van der Waals surface area contributed by atoms with Gasteiger partial charge < -0.3 is 0 Å². The van der Waals surface area contributed by atoms with Crippen LogP contribution in [-0.4, -0.2) is 96.7 Å². The molecular formula is BaSn2Ti. The van der Waals surface area contributed by atoms with Gasteiger partial charge in [0.15, 0.2) is 0 Å². The molecule has 0 aromatic rings. The SMILES string of the molecule is [Ba].[Sn].[Sn].[Ti]. The van der Waals surface area contributed by atoms with Gasteiger partial charge >= 0.3 is 0 Å². The van der Waals surface area contributed by atoms with Crippen molar-refractivity contribution < 1.29 is 21.7 Å². The first kappa shape index (κ1) is 24.8. The second-order valence-corrected chi connectivity index (χ2v) is 0. The summed E-state index contributed by atoms with van der Waals surface area (Å²) < 4.78 is 0. The summed E-state index contributed by atoms with van der Waals surface area (Å²) in [5.41, 5.74) is 0. The summed E-state index contributed by atoms with van der Waals surface area (Å²) in [7, 11) is 0. The zero-order chi connectivity index (χ0) is 0. The van der Waals surface area contributed by atoms with Gasteiger partial charge in [0.25, 0.3) is 0 Å². The third kappa shape index (κ3) is 9.30. The van der Waals surface area contributed by atoms with E-state index in [2.05, 4.69) is 0 Å². The van der Waals surface area contributed by atoms with E-state index in [1.807, 2.05) is 0 Å². The van der Waals surface area contributed by atoms with Crippen molar-refractivity contribution in [1.29, 1.82) is 0 Å². The van der Waals surface area contributed by atoms with Crippen molar-refractivity contribution >= 4 is 96.7 Å². The molecule has 0 unspecified atom stereocenters. The van der Waals surface area contributed by atoms with Gasteiger partial charge in [-0.2, -0.15) is 0 Å². The van der Waals surface area contributed by atoms with Crippen LogP contribution >= 0.6 is 0 Å². The molecule has 0 atom stereocenters. The van der Waals surface area contributed by atoms with Crippen molar-refractivity contribution in [1.82, 2.24) is 0 Å². The molecule has 0 heterocycles. The molecule has 0 aromatic heterocycles. The summed E-state index contributed by atoms with van der Waals surface area (Å²) in [5, 5.41) is 0. The Morgan fingerprint density at radius 2 is 0.750 bits per heavy atom. The predicted octanol–water partition coefficient (Wildman–Crippen LogP) is -1.14. The van der Waals surface area contributed by atoms with Gasteiger partial charge in [-0.3, -0.25) is 0 Å². The van der Waals surface area contributed by atoms with Crippen LogP contribution in [0.15, 0.2) is 0 Å². The van der Waals surface area contributed by atoms with E-state index in [1.54, 1.807) is 0 Å². The molecular weight excluding hydrogens is 423 g/mol. The van der Waals surface area contributed by atoms with Crippen LogP contribution in [0.5, 0.6) is 0 Å². The van der Waals surface area contributed by atoms with Gasteiger partial charge in [-0.05, 0) is 0 Å². The van der Waals surface area contributed by atoms with Gasteiger partial charge in [-0.15, -0.1) is 0 Å². The fourth-order valence-corrected chi connectivity index (χ4v) is 0. The van der Waals surface area contributed by atoms with Crippen LogP contribution in [0.3, 0.4) is 0 Å². The fraction of sp³-hybridized carbons (Fsp3) is 0. The van der Waals surface area contributed by atoms with Crippen molar-refractivity contribution in [2.45, 2.75) is 0 Å². The van der Waals surface area contributed by atoms with Crippen LogP contribution < -0.4 is 0 Å². The van der Waals surface area contributed by atoms with Crippen LogP contribution in [0.4, 0.5) is 0 Å². The standard InChI is InChI=1S/Ba.2Sn.Ti. The van der Waals surface area contributed by atoms with Crippen LogP contribution in [-0.2, 0) is 21.7 Å². The van der Waals surface area contributed by atoms with Gasteiger partial charge in [-0.1, -0.05) is 0 Å². The molecule has 0 fully saturated rings. The zero-order valence-electron chi connectivity index (χ0n) is 2.21. The van der Waals surface area contributed by atoms with Gasteiger partial charge in [0.2, 0.25) is 0 Å². The van der Waals surface area contributed by atoms with Crippen LogP contribution in [0, 0.1) is 0 Å². The fourth-order valence-electron chi connectivity index (χ4n) is 0. The van der Waals surface area contributed by atoms with Gasteiger partial charge in [0, 0.05) is 118 Å². The zero-order valence-corrected chi connectivity index (χ0v) is 13.9. The Bertz CT molecular complexity index is 6.00. The van der Waals surface area contributed by atoms with Crippen molar-refractivity contribution in [3.8, 4) is 0 Å². The molecule has 0 bridgehead atoms. The molecule has 4 heavy (non-hydrogen) atoms. The van der Waals surface area contributed by atoms with E-state index in [0.717, 1.165) is 0 Å². The monoisotopic (exact) mass is 426 g/mol. The molecule has 0 aromatic carbocycles. The maximum atomic E-state index is 0. The Morgan fingerprint density at radius 1 is 0.750 bits per heavy atom. The van der Waals surface area contributed by atoms with Crippen molar-refractivity contribution in [2.75, 3.05) is 0 Å². The Hall–Kier alpha value is 3.88. The largest absolute Gasteiger partial charge is 0 e. The van der Waals surface area contributed by atoms with E-state index in [0.29, 0.717) is 0 Å². The third-order valence-electron chi connectivity index (χ3n) is 0. The normalized spacial score (nSPS) is 0. The van der Waals surface area contributed by atoms with Gasteiger partial charge in [0.1, 0.15) is 0 Å². The topological polar surface area (TPSA) is 0 Å². The van der Waals surface area contributed by atoms with Gasteiger partial charge in [0.05, 0.1) is 0 Å². The molecule has 0 saturated carbocycles. The minimum Gasteiger partial charge on any atom is 0 e. The second-order valence-electron chi connectivity index (χ2n) is 0. The first-order valence-electron chi connectivity index (χ1n) is 0. The van der Waals surface area contributed by atoms with Crippen molar-refractivity contribution in [3.05, 3.63) is 0 Å². The maximum absolute atomic E-state index is 0. The third-order valence-corrected chi connectivity index (χ3v) is 0. The smallest absolute Gasteiger partial charge is 0 e. The molecule has 0 amide bonds. The van der Waals surface area contributed by atoms with E-state index in [1.165, 1.54) is 0 Å². The van der Waals surface area contributed by atoms with E-state index in [-0.39, 0.29) is 118 Å². The predicted molar refractivity (Wildman–Crippen MR) is 17.3 cm³/mol. The summed E-state index contributed by atoms with van der Waals surface area (Å²) in [4.78, 5) is 0.